The summed E-state index contributed by atoms with van der Waals surface area (Å²) in [6.45, 7) is 0. The molecular formula is C17H16ClN5O2. The standard InChI is InChI=1S/C17H16ClN5O2/c18-15-7-14(4-1-11(15)8-19)25-13-5-2-12(3-6-13)22-17(24)16-9-20-10-21-23-16/h1,4,7,9-10,12-13H,2-3,5-6H2,(H,22,24)/t12-,13-. The van der Waals surface area contributed by atoms with E-state index in [-0.39, 0.29) is 23.7 Å². The van der Waals surface area contributed by atoms with Crippen molar-refractivity contribution in [1.29, 1.82) is 5.26 Å². The molecule has 1 N–H and O–H groups in total. The second kappa shape index (κ2) is 7.90. The first kappa shape index (κ1) is 17.1. The van der Waals surface area contributed by atoms with Gasteiger partial charge in [-0.2, -0.15) is 5.26 Å². The molecule has 2 aromatic rings. The molecule has 0 bridgehead atoms. The van der Waals surface area contributed by atoms with Crippen molar-refractivity contribution in [3.8, 4) is 11.8 Å². The maximum atomic E-state index is 12.1. The van der Waals surface area contributed by atoms with Crippen molar-refractivity contribution >= 4 is 17.5 Å². The molecule has 0 unspecified atom stereocenters. The molecule has 0 atom stereocenters. The Bertz CT molecular complexity index is 785. The predicted molar refractivity (Wildman–Crippen MR) is 90.1 cm³/mol. The maximum Gasteiger partial charge on any atom is 0.273 e. The average Bonchev–Trinajstić information content (AvgIpc) is 2.64. The van der Waals surface area contributed by atoms with Gasteiger partial charge in [0.25, 0.3) is 5.91 Å². The molecule has 1 saturated carbocycles. The number of nitrogens with one attached hydrogen (secondary N) is 1. The van der Waals surface area contributed by atoms with Crippen LogP contribution in [-0.2, 0) is 0 Å². The second-order valence-electron chi connectivity index (χ2n) is 5.81. The Balaban J connectivity index is 1.50. The summed E-state index contributed by atoms with van der Waals surface area (Å²) in [7, 11) is 0. The summed E-state index contributed by atoms with van der Waals surface area (Å²) >= 11 is 6.02. The molecule has 1 amide bonds. The highest BCUT2D eigenvalue weighted by Gasteiger charge is 2.24. The van der Waals surface area contributed by atoms with Gasteiger partial charge in [-0.25, -0.2) is 4.98 Å². The van der Waals surface area contributed by atoms with Crippen molar-refractivity contribution in [3.63, 3.8) is 0 Å². The lowest BCUT2D eigenvalue weighted by atomic mass is 9.93. The lowest BCUT2D eigenvalue weighted by Gasteiger charge is -2.29. The summed E-state index contributed by atoms with van der Waals surface area (Å²) in [6, 6.07) is 7.17. The minimum atomic E-state index is -0.260. The van der Waals surface area contributed by atoms with Crippen molar-refractivity contribution in [1.82, 2.24) is 20.5 Å². The number of ether oxygens (including phenoxy) is 1. The Hall–Kier alpha value is -2.72. The zero-order valence-electron chi connectivity index (χ0n) is 13.4. The van der Waals surface area contributed by atoms with Gasteiger partial charge in [-0.05, 0) is 37.8 Å². The van der Waals surface area contributed by atoms with Crippen LogP contribution in [0.2, 0.25) is 5.02 Å². The predicted octanol–water partition coefficient (Wildman–Crippen LogP) is 2.52. The molecule has 7 nitrogen and oxygen atoms in total. The molecule has 1 fully saturated rings. The van der Waals surface area contributed by atoms with Crippen LogP contribution in [0.4, 0.5) is 0 Å². The molecule has 1 aliphatic rings. The number of hydrogen-bond donors (Lipinski definition) is 1. The van der Waals surface area contributed by atoms with Crippen LogP contribution < -0.4 is 10.1 Å². The number of aromatic nitrogens is 3. The number of benzene rings is 1. The molecule has 1 aromatic carbocycles. The number of nitrogens with zero attached hydrogens (tertiary/aromatic N) is 4. The fraction of sp³-hybridized carbons (Fsp3) is 0.353. The van der Waals surface area contributed by atoms with Crippen LogP contribution in [0.3, 0.4) is 0 Å². The SMILES string of the molecule is N#Cc1ccc(O[C@H]2CC[C@H](NC(=O)c3cncnn3)CC2)cc1Cl. The Morgan fingerprint density at radius 1 is 1.32 bits per heavy atom. The van der Waals surface area contributed by atoms with E-state index in [1.165, 1.54) is 12.5 Å². The Kier molecular flexibility index (Phi) is 5.41. The smallest absolute Gasteiger partial charge is 0.273 e. The number of amides is 1. The van der Waals surface area contributed by atoms with Crippen molar-refractivity contribution in [2.75, 3.05) is 0 Å². The minimum Gasteiger partial charge on any atom is -0.490 e. The largest absolute Gasteiger partial charge is 0.490 e. The van der Waals surface area contributed by atoms with E-state index >= 15 is 0 Å². The van der Waals surface area contributed by atoms with Crippen LogP contribution in [0.15, 0.2) is 30.7 Å². The highest BCUT2D eigenvalue weighted by molar-refractivity contribution is 6.31. The minimum absolute atomic E-state index is 0.0651. The van der Waals surface area contributed by atoms with Gasteiger partial charge in [-0.15, -0.1) is 10.2 Å². The molecule has 3 rings (SSSR count). The first-order valence-electron chi connectivity index (χ1n) is 7.95. The number of rotatable bonds is 4. The van der Waals surface area contributed by atoms with Crippen molar-refractivity contribution in [2.45, 2.75) is 37.8 Å². The zero-order valence-corrected chi connectivity index (χ0v) is 14.1. The molecule has 1 aromatic heterocycles. The summed E-state index contributed by atoms with van der Waals surface area (Å²) < 4.78 is 5.93. The summed E-state index contributed by atoms with van der Waals surface area (Å²) in [5.74, 6) is 0.394. The molecule has 1 aliphatic carbocycles. The fourth-order valence-electron chi connectivity index (χ4n) is 2.79. The van der Waals surface area contributed by atoms with Gasteiger partial charge in [-0.1, -0.05) is 11.6 Å². The van der Waals surface area contributed by atoms with Crippen LogP contribution in [0.25, 0.3) is 0 Å². The first-order valence-corrected chi connectivity index (χ1v) is 8.33. The van der Waals surface area contributed by atoms with Gasteiger partial charge < -0.3 is 10.1 Å². The Morgan fingerprint density at radius 2 is 2.12 bits per heavy atom. The van der Waals surface area contributed by atoms with Crippen molar-refractivity contribution < 1.29 is 9.53 Å². The van der Waals surface area contributed by atoms with E-state index < -0.39 is 0 Å². The maximum absolute atomic E-state index is 12.1. The molecule has 0 spiro atoms. The molecule has 25 heavy (non-hydrogen) atoms. The molecular weight excluding hydrogens is 342 g/mol. The summed E-state index contributed by atoms with van der Waals surface area (Å²) in [5, 5.41) is 19.6. The second-order valence-corrected chi connectivity index (χ2v) is 6.22. The van der Waals surface area contributed by atoms with Gasteiger partial charge in [-0.3, -0.25) is 4.79 Å². The monoisotopic (exact) mass is 357 g/mol. The number of halogens is 1. The van der Waals surface area contributed by atoms with Crippen molar-refractivity contribution in [3.05, 3.63) is 47.0 Å². The van der Waals surface area contributed by atoms with Crippen molar-refractivity contribution in [2.24, 2.45) is 0 Å². The zero-order chi connectivity index (χ0) is 17.6. The van der Waals surface area contributed by atoms with Gasteiger partial charge in [0.1, 0.15) is 18.1 Å². The Labute approximate surface area is 150 Å². The normalized spacial score (nSPS) is 19.7. The molecule has 1 heterocycles. The van der Waals surface area contributed by atoms with Gasteiger partial charge in [0.15, 0.2) is 5.69 Å². The Morgan fingerprint density at radius 3 is 2.76 bits per heavy atom. The lowest BCUT2D eigenvalue weighted by Crippen LogP contribution is -2.40. The van der Waals surface area contributed by atoms with Gasteiger partial charge >= 0.3 is 0 Å². The third-order valence-electron chi connectivity index (χ3n) is 4.09. The van der Waals surface area contributed by atoms with Crippen LogP contribution in [0.5, 0.6) is 5.75 Å². The van der Waals surface area contributed by atoms with E-state index in [4.69, 9.17) is 21.6 Å². The number of hydrogen-bond acceptors (Lipinski definition) is 6. The van der Waals surface area contributed by atoms with E-state index in [2.05, 4.69) is 20.5 Å². The quantitative estimate of drug-likeness (QED) is 0.902. The molecule has 0 radical (unpaired) electrons. The lowest BCUT2D eigenvalue weighted by molar-refractivity contribution is 0.0887. The van der Waals surface area contributed by atoms with Gasteiger partial charge in [0.2, 0.25) is 0 Å². The number of carbonyl (C=O) groups excluding carboxylic acids is 1. The topological polar surface area (TPSA) is 101 Å². The van der Waals surface area contributed by atoms with Crippen LogP contribution in [-0.4, -0.2) is 33.2 Å². The third kappa shape index (κ3) is 4.43. The van der Waals surface area contributed by atoms with E-state index in [9.17, 15) is 4.79 Å². The van der Waals surface area contributed by atoms with Crippen LogP contribution in [0, 0.1) is 11.3 Å². The molecule has 0 saturated heterocycles. The first-order chi connectivity index (χ1) is 12.2. The molecule has 0 aliphatic heterocycles. The van der Waals surface area contributed by atoms with Gasteiger partial charge in [0.05, 0.1) is 22.9 Å². The van der Waals surface area contributed by atoms with E-state index in [1.807, 2.05) is 6.07 Å². The van der Waals surface area contributed by atoms with Gasteiger partial charge in [0, 0.05) is 12.1 Å². The average molecular weight is 358 g/mol. The van der Waals surface area contributed by atoms with Crippen LogP contribution in [0.1, 0.15) is 41.7 Å². The van der Waals surface area contributed by atoms with E-state index in [0.29, 0.717) is 16.3 Å². The third-order valence-corrected chi connectivity index (χ3v) is 4.40. The van der Waals surface area contributed by atoms with Crippen LogP contribution >= 0.6 is 11.6 Å². The number of nitriles is 1. The fourth-order valence-corrected chi connectivity index (χ4v) is 3.00. The molecule has 8 heteroatoms. The molecule has 128 valence electrons. The van der Waals surface area contributed by atoms with E-state index in [0.717, 1.165) is 25.7 Å². The summed E-state index contributed by atoms with van der Waals surface area (Å²) in [6.07, 6.45) is 6.01. The number of carbonyl (C=O) groups is 1. The highest BCUT2D eigenvalue weighted by Crippen LogP contribution is 2.27. The van der Waals surface area contributed by atoms with E-state index in [1.54, 1.807) is 18.2 Å². The summed E-state index contributed by atoms with van der Waals surface area (Å²) in [4.78, 5) is 15.8. The highest BCUT2D eigenvalue weighted by atomic mass is 35.5. The summed E-state index contributed by atoms with van der Waals surface area (Å²) in [5.41, 5.74) is 0.645.